The Balaban J connectivity index is 1.83. The standard InChI is InChI=1S/C19H9F3N4/c20-19(21,22)12-7-5-11(6-8-12)15-9-24-18-16(25-10-23)13-3-1-2-4-14(13)17(18)26-15/h1-9H. The molecule has 0 saturated carbocycles. The van der Waals surface area contributed by atoms with Gasteiger partial charge in [-0.05, 0) is 12.1 Å². The number of alkyl halides is 3. The van der Waals surface area contributed by atoms with Crippen LogP contribution in [0.5, 0.6) is 0 Å². The van der Waals surface area contributed by atoms with Crippen LogP contribution in [0.2, 0.25) is 0 Å². The second-order valence-corrected chi connectivity index (χ2v) is 5.63. The van der Waals surface area contributed by atoms with Gasteiger partial charge in [-0.25, -0.2) is 9.97 Å². The Labute approximate surface area is 146 Å². The van der Waals surface area contributed by atoms with Crippen LogP contribution in [-0.2, 0) is 6.18 Å². The van der Waals surface area contributed by atoms with Crippen LogP contribution in [0.25, 0.3) is 22.5 Å². The molecule has 0 atom stereocenters. The number of fused-ring (bicyclic) bond motifs is 3. The topological polar surface area (TPSA) is 61.9 Å². The highest BCUT2D eigenvalue weighted by Gasteiger charge is 2.30. The van der Waals surface area contributed by atoms with Gasteiger partial charge < -0.3 is 0 Å². The molecule has 0 radical (unpaired) electrons. The summed E-state index contributed by atoms with van der Waals surface area (Å²) in [6, 6.07) is 12.1. The molecular weight excluding hydrogens is 341 g/mol. The molecule has 0 N–H and O–H groups in total. The first kappa shape index (κ1) is 16.0. The third-order valence-electron chi connectivity index (χ3n) is 4.10. The molecule has 4 rings (SSSR count). The van der Waals surface area contributed by atoms with Gasteiger partial charge in [-0.1, -0.05) is 36.4 Å². The van der Waals surface area contributed by atoms with E-state index in [1.165, 1.54) is 18.3 Å². The van der Waals surface area contributed by atoms with E-state index in [1.807, 2.05) is 24.3 Å². The molecule has 26 heavy (non-hydrogen) atoms. The molecule has 0 bridgehead atoms. The fraction of sp³-hybridized carbons (Fsp3) is 0.0526. The Morgan fingerprint density at radius 2 is 1.62 bits per heavy atom. The molecule has 0 unspecified atom stereocenters. The lowest BCUT2D eigenvalue weighted by Crippen LogP contribution is -2.04. The second kappa shape index (κ2) is 5.77. The number of nitrogens with zero attached hydrogens (tertiary/aromatic N) is 4. The van der Waals surface area contributed by atoms with Crippen molar-refractivity contribution in [1.82, 2.24) is 9.97 Å². The third-order valence-corrected chi connectivity index (χ3v) is 4.10. The van der Waals surface area contributed by atoms with Gasteiger partial charge >= 0.3 is 6.18 Å². The van der Waals surface area contributed by atoms with Crippen molar-refractivity contribution in [1.29, 1.82) is 5.26 Å². The van der Waals surface area contributed by atoms with Crippen molar-refractivity contribution >= 4 is 5.71 Å². The summed E-state index contributed by atoms with van der Waals surface area (Å²) in [5.41, 5.74) is 3.30. The molecule has 0 spiro atoms. The molecule has 3 aromatic rings. The van der Waals surface area contributed by atoms with E-state index in [9.17, 15) is 13.2 Å². The van der Waals surface area contributed by atoms with E-state index in [4.69, 9.17) is 5.26 Å². The molecule has 1 aromatic heterocycles. The van der Waals surface area contributed by atoms with Crippen molar-refractivity contribution in [3.63, 3.8) is 0 Å². The van der Waals surface area contributed by atoms with Gasteiger partial charge in [0.25, 0.3) is 0 Å². The Morgan fingerprint density at radius 3 is 2.27 bits per heavy atom. The monoisotopic (exact) mass is 350 g/mol. The van der Waals surface area contributed by atoms with E-state index in [1.54, 1.807) is 6.19 Å². The highest BCUT2D eigenvalue weighted by atomic mass is 19.4. The smallest absolute Gasteiger partial charge is 0.250 e. The number of halogens is 3. The normalized spacial score (nSPS) is 14.0. The molecule has 2 aromatic carbocycles. The minimum absolute atomic E-state index is 0.449. The predicted molar refractivity (Wildman–Crippen MR) is 89.2 cm³/mol. The lowest BCUT2D eigenvalue weighted by atomic mass is 10.1. The number of nitriles is 1. The van der Waals surface area contributed by atoms with Crippen molar-refractivity contribution in [3.05, 3.63) is 71.5 Å². The number of aliphatic imine (C=N–C) groups is 1. The molecule has 4 nitrogen and oxygen atoms in total. The van der Waals surface area contributed by atoms with Crippen LogP contribution >= 0.6 is 0 Å². The fourth-order valence-electron chi connectivity index (χ4n) is 2.91. The van der Waals surface area contributed by atoms with Gasteiger partial charge in [-0.2, -0.15) is 23.4 Å². The van der Waals surface area contributed by atoms with Crippen molar-refractivity contribution in [2.24, 2.45) is 4.99 Å². The minimum Gasteiger partial charge on any atom is -0.250 e. The lowest BCUT2D eigenvalue weighted by molar-refractivity contribution is -0.137. The Bertz CT molecular complexity index is 1080. The van der Waals surface area contributed by atoms with Gasteiger partial charge in [-0.3, -0.25) is 0 Å². The molecule has 1 aliphatic rings. The summed E-state index contributed by atoms with van der Waals surface area (Å²) < 4.78 is 38.1. The SMILES string of the molecule is N#CN=C1c2ccccc2-c2nc(-c3ccc(C(F)(F)F)cc3)cnc21. The maximum absolute atomic E-state index is 12.7. The summed E-state index contributed by atoms with van der Waals surface area (Å²) in [6.45, 7) is 0. The van der Waals surface area contributed by atoms with E-state index < -0.39 is 11.7 Å². The van der Waals surface area contributed by atoms with E-state index >= 15 is 0 Å². The summed E-state index contributed by atoms with van der Waals surface area (Å²) in [5.74, 6) is 0. The number of hydrogen-bond acceptors (Lipinski definition) is 4. The largest absolute Gasteiger partial charge is 0.416 e. The van der Waals surface area contributed by atoms with Gasteiger partial charge in [0.2, 0.25) is 6.19 Å². The summed E-state index contributed by atoms with van der Waals surface area (Å²) in [7, 11) is 0. The zero-order chi connectivity index (χ0) is 18.3. The predicted octanol–water partition coefficient (Wildman–Crippen LogP) is 4.46. The van der Waals surface area contributed by atoms with Crippen molar-refractivity contribution in [3.8, 4) is 28.7 Å². The average molecular weight is 350 g/mol. The fourth-order valence-corrected chi connectivity index (χ4v) is 2.91. The van der Waals surface area contributed by atoms with Gasteiger partial charge in [0, 0.05) is 16.7 Å². The summed E-state index contributed by atoms with van der Waals surface area (Å²) in [6.07, 6.45) is -1.14. The van der Waals surface area contributed by atoms with Crippen LogP contribution in [0, 0.1) is 11.5 Å². The van der Waals surface area contributed by atoms with Crippen molar-refractivity contribution in [2.75, 3.05) is 0 Å². The van der Waals surface area contributed by atoms with Crippen LogP contribution < -0.4 is 0 Å². The Morgan fingerprint density at radius 1 is 0.923 bits per heavy atom. The molecule has 0 fully saturated rings. The van der Waals surface area contributed by atoms with Gasteiger partial charge in [0.05, 0.1) is 23.1 Å². The van der Waals surface area contributed by atoms with Gasteiger partial charge in [0.1, 0.15) is 11.4 Å². The van der Waals surface area contributed by atoms with Crippen molar-refractivity contribution in [2.45, 2.75) is 6.18 Å². The third kappa shape index (κ3) is 2.52. The number of benzene rings is 2. The first-order valence-electron chi connectivity index (χ1n) is 7.60. The average Bonchev–Trinajstić information content (AvgIpc) is 2.95. The van der Waals surface area contributed by atoms with Crippen LogP contribution in [0.1, 0.15) is 16.8 Å². The van der Waals surface area contributed by atoms with Crippen LogP contribution in [-0.4, -0.2) is 15.7 Å². The van der Waals surface area contributed by atoms with Crippen LogP contribution in [0.3, 0.4) is 0 Å². The maximum atomic E-state index is 12.7. The number of aromatic nitrogens is 2. The molecule has 0 amide bonds. The van der Waals surface area contributed by atoms with Crippen molar-refractivity contribution < 1.29 is 13.2 Å². The molecule has 7 heteroatoms. The van der Waals surface area contributed by atoms with E-state index in [-0.39, 0.29) is 0 Å². The maximum Gasteiger partial charge on any atom is 0.416 e. The molecule has 0 aliphatic heterocycles. The van der Waals surface area contributed by atoms with Gasteiger partial charge in [0.15, 0.2) is 0 Å². The summed E-state index contributed by atoms with van der Waals surface area (Å²) in [5, 5.41) is 8.92. The molecule has 126 valence electrons. The van der Waals surface area contributed by atoms with Crippen LogP contribution in [0.4, 0.5) is 13.2 Å². The first-order chi connectivity index (χ1) is 12.5. The zero-order valence-electron chi connectivity index (χ0n) is 13.1. The van der Waals surface area contributed by atoms with Gasteiger partial charge in [-0.15, -0.1) is 0 Å². The number of rotatable bonds is 1. The van der Waals surface area contributed by atoms with E-state index in [2.05, 4.69) is 15.0 Å². The first-order valence-corrected chi connectivity index (χ1v) is 7.60. The molecular formula is C19H9F3N4. The lowest BCUT2D eigenvalue weighted by Gasteiger charge is -2.08. The van der Waals surface area contributed by atoms with E-state index in [0.29, 0.717) is 28.4 Å². The van der Waals surface area contributed by atoms with Crippen LogP contribution in [0.15, 0.2) is 59.7 Å². The molecule has 0 saturated heterocycles. The Kier molecular flexibility index (Phi) is 3.55. The second-order valence-electron chi connectivity index (χ2n) is 5.63. The summed E-state index contributed by atoms with van der Waals surface area (Å²) >= 11 is 0. The molecule has 1 heterocycles. The highest BCUT2D eigenvalue weighted by Crippen LogP contribution is 2.36. The highest BCUT2D eigenvalue weighted by molar-refractivity contribution is 6.23. The zero-order valence-corrected chi connectivity index (χ0v) is 13.1. The Hall–Kier alpha value is -3.53. The quantitative estimate of drug-likeness (QED) is 0.476. The minimum atomic E-state index is -4.39. The summed E-state index contributed by atoms with van der Waals surface area (Å²) in [4.78, 5) is 12.8. The van der Waals surface area contributed by atoms with E-state index in [0.717, 1.165) is 23.3 Å². The molecule has 1 aliphatic carbocycles. The number of hydrogen-bond donors (Lipinski definition) is 0.